The van der Waals surface area contributed by atoms with Crippen LogP contribution in [-0.2, 0) is 5.75 Å². The second-order valence-corrected chi connectivity index (χ2v) is 8.21. The molecule has 27 heavy (non-hydrogen) atoms. The number of thioether (sulfide) groups is 1. The van der Waals surface area contributed by atoms with Gasteiger partial charge in [0.2, 0.25) is 5.16 Å². The molecule has 0 saturated carbocycles. The van der Waals surface area contributed by atoms with Gasteiger partial charge in [-0.25, -0.2) is 15.0 Å². The van der Waals surface area contributed by atoms with E-state index in [9.17, 15) is 0 Å². The van der Waals surface area contributed by atoms with Crippen molar-refractivity contribution < 1.29 is 4.42 Å². The van der Waals surface area contributed by atoms with Crippen LogP contribution < -0.4 is 5.73 Å². The zero-order chi connectivity index (χ0) is 19.0. The molecule has 138 valence electrons. The number of nitrogens with one attached hydrogen (secondary N) is 1. The molecule has 0 amide bonds. The van der Waals surface area contributed by atoms with E-state index >= 15 is 0 Å². The number of hydrogen-bond donors (Lipinski definition) is 2. The number of nitrogen functional groups attached to an aromatic ring is 1. The summed E-state index contributed by atoms with van der Waals surface area (Å²) in [5.74, 6) is 4.07. The van der Waals surface area contributed by atoms with Crippen LogP contribution in [0.15, 0.2) is 21.7 Å². The molecule has 4 heterocycles. The first-order chi connectivity index (χ1) is 13.0. The van der Waals surface area contributed by atoms with Gasteiger partial charge in [0.05, 0.1) is 11.1 Å². The molecule has 9 heteroatoms. The van der Waals surface area contributed by atoms with E-state index in [4.69, 9.17) is 10.2 Å². The second-order valence-electron chi connectivity index (χ2n) is 6.06. The van der Waals surface area contributed by atoms with E-state index < -0.39 is 0 Å². The zero-order valence-electron chi connectivity index (χ0n) is 15.1. The molecule has 3 N–H and O–H groups in total. The molecule has 7 nitrogen and oxygen atoms in total. The Balaban J connectivity index is 1.45. The molecule has 0 unspecified atom stereocenters. The number of aromatic nitrogens is 5. The van der Waals surface area contributed by atoms with E-state index in [1.807, 2.05) is 31.2 Å². The van der Waals surface area contributed by atoms with Crippen molar-refractivity contribution in [2.75, 3.05) is 5.73 Å². The Morgan fingerprint density at radius 3 is 2.81 bits per heavy atom. The lowest BCUT2D eigenvalue weighted by atomic mass is 10.2. The predicted molar refractivity (Wildman–Crippen MR) is 110 cm³/mol. The van der Waals surface area contributed by atoms with Crippen LogP contribution in [0.5, 0.6) is 0 Å². The smallest absolute Gasteiger partial charge is 0.209 e. The summed E-state index contributed by atoms with van der Waals surface area (Å²) in [5.41, 5.74) is 7.29. The summed E-state index contributed by atoms with van der Waals surface area (Å²) in [6, 6.07) is 3.82. The number of furan rings is 1. The lowest BCUT2D eigenvalue weighted by molar-refractivity contribution is 0.525. The van der Waals surface area contributed by atoms with Gasteiger partial charge in [-0.2, -0.15) is 0 Å². The molecule has 0 fully saturated rings. The van der Waals surface area contributed by atoms with Gasteiger partial charge in [0.1, 0.15) is 33.8 Å². The minimum Gasteiger partial charge on any atom is -0.462 e. The van der Waals surface area contributed by atoms with Crippen molar-refractivity contribution in [1.29, 1.82) is 0 Å². The van der Waals surface area contributed by atoms with E-state index in [0.29, 0.717) is 28.4 Å². The molecule has 0 aliphatic carbocycles. The molecule has 4 aromatic heterocycles. The van der Waals surface area contributed by atoms with Crippen LogP contribution in [0, 0.1) is 20.8 Å². The van der Waals surface area contributed by atoms with Crippen molar-refractivity contribution in [3.05, 3.63) is 45.7 Å². The number of hydrogen-bond acceptors (Lipinski definition) is 8. The van der Waals surface area contributed by atoms with Crippen molar-refractivity contribution in [1.82, 2.24) is 25.1 Å². The van der Waals surface area contributed by atoms with Crippen LogP contribution in [0.25, 0.3) is 22.4 Å². The van der Waals surface area contributed by atoms with Gasteiger partial charge >= 0.3 is 0 Å². The third kappa shape index (κ3) is 3.74. The number of thiophene rings is 1. The van der Waals surface area contributed by atoms with Crippen LogP contribution in [0.2, 0.25) is 0 Å². The van der Waals surface area contributed by atoms with E-state index in [1.54, 1.807) is 11.3 Å². The summed E-state index contributed by atoms with van der Waals surface area (Å²) in [4.78, 5) is 15.6. The fourth-order valence-corrected chi connectivity index (χ4v) is 4.34. The standard InChI is InChI=1S/C18H18N6OS2/c1-9-4-5-12(25-9)6-7-13-22-18(24-23-13)26-8-14-20-16(19)15-10(2)11(3)27-17(15)21-14/h4-7H,8H2,1-3H3,(H2,19,20,21)(H,22,23,24)/b7-6+. The molecule has 4 rings (SSSR count). The molecule has 0 aliphatic heterocycles. The maximum Gasteiger partial charge on any atom is 0.209 e. The fraction of sp³-hybridized carbons (Fsp3) is 0.222. The first kappa shape index (κ1) is 17.7. The summed E-state index contributed by atoms with van der Waals surface area (Å²) in [6.07, 6.45) is 3.67. The number of anilines is 1. The number of nitrogens with zero attached hydrogens (tertiary/aromatic N) is 4. The number of H-pyrrole nitrogens is 1. The molecule has 0 saturated heterocycles. The molecular weight excluding hydrogens is 380 g/mol. The van der Waals surface area contributed by atoms with Gasteiger partial charge in [0, 0.05) is 4.88 Å². The van der Waals surface area contributed by atoms with Crippen molar-refractivity contribution >= 4 is 51.3 Å². The largest absolute Gasteiger partial charge is 0.462 e. The van der Waals surface area contributed by atoms with Crippen LogP contribution in [-0.4, -0.2) is 25.1 Å². The SMILES string of the molecule is Cc1ccc(/C=C/c2nc(SCc3nc(N)c4c(C)c(C)sc4n3)n[nH]2)o1. The van der Waals surface area contributed by atoms with Gasteiger partial charge in [0.25, 0.3) is 0 Å². The van der Waals surface area contributed by atoms with Crippen molar-refractivity contribution in [2.45, 2.75) is 31.7 Å². The molecule has 0 radical (unpaired) electrons. The van der Waals surface area contributed by atoms with Crippen LogP contribution in [0.1, 0.15) is 33.6 Å². The highest BCUT2D eigenvalue weighted by Gasteiger charge is 2.13. The average Bonchev–Trinajstić information content (AvgIpc) is 3.32. The highest BCUT2D eigenvalue weighted by molar-refractivity contribution is 7.98. The topological polar surface area (TPSA) is 107 Å². The number of rotatable bonds is 5. The van der Waals surface area contributed by atoms with Crippen LogP contribution in [0.3, 0.4) is 0 Å². The molecule has 0 spiro atoms. The quantitative estimate of drug-likeness (QED) is 0.481. The van der Waals surface area contributed by atoms with E-state index in [0.717, 1.165) is 27.3 Å². The molecule has 0 bridgehead atoms. The Bertz CT molecular complexity index is 1140. The van der Waals surface area contributed by atoms with Crippen LogP contribution >= 0.6 is 23.1 Å². The van der Waals surface area contributed by atoms with E-state index in [-0.39, 0.29) is 0 Å². The normalized spacial score (nSPS) is 11.8. The lowest BCUT2D eigenvalue weighted by Crippen LogP contribution is -1.99. The fourth-order valence-electron chi connectivity index (χ4n) is 2.62. The highest BCUT2D eigenvalue weighted by atomic mass is 32.2. The maximum atomic E-state index is 6.13. The molecule has 0 atom stereocenters. The third-order valence-electron chi connectivity index (χ3n) is 4.08. The first-order valence-electron chi connectivity index (χ1n) is 8.31. The van der Waals surface area contributed by atoms with Crippen molar-refractivity contribution in [3.63, 3.8) is 0 Å². The van der Waals surface area contributed by atoms with E-state index in [2.05, 4.69) is 39.0 Å². The molecule has 4 aromatic rings. The predicted octanol–water partition coefficient (Wildman–Crippen LogP) is 4.37. The average molecular weight is 399 g/mol. The Hall–Kier alpha value is -2.65. The Morgan fingerprint density at radius 1 is 1.19 bits per heavy atom. The summed E-state index contributed by atoms with van der Waals surface area (Å²) >= 11 is 3.10. The van der Waals surface area contributed by atoms with Gasteiger partial charge < -0.3 is 10.2 Å². The summed E-state index contributed by atoms with van der Waals surface area (Å²) in [7, 11) is 0. The molecule has 0 aliphatic rings. The molecule has 0 aromatic carbocycles. The van der Waals surface area contributed by atoms with Gasteiger partial charge in [-0.1, -0.05) is 11.8 Å². The maximum absolute atomic E-state index is 6.13. The van der Waals surface area contributed by atoms with E-state index in [1.165, 1.54) is 16.6 Å². The summed E-state index contributed by atoms with van der Waals surface area (Å²) in [6.45, 7) is 6.03. The Labute approximate surface area is 164 Å². The number of fused-ring (bicyclic) bond motifs is 1. The second kappa shape index (κ2) is 7.16. The number of aromatic amines is 1. The van der Waals surface area contributed by atoms with Crippen molar-refractivity contribution in [2.24, 2.45) is 0 Å². The number of aryl methyl sites for hydroxylation is 3. The zero-order valence-corrected chi connectivity index (χ0v) is 16.7. The third-order valence-corrected chi connectivity index (χ3v) is 6.03. The number of nitrogens with two attached hydrogens (primary N) is 1. The first-order valence-corrected chi connectivity index (χ1v) is 10.1. The lowest BCUT2D eigenvalue weighted by Gasteiger charge is -2.01. The van der Waals surface area contributed by atoms with Crippen LogP contribution in [0.4, 0.5) is 5.82 Å². The van der Waals surface area contributed by atoms with Crippen molar-refractivity contribution in [3.8, 4) is 0 Å². The Morgan fingerprint density at radius 2 is 2.04 bits per heavy atom. The van der Waals surface area contributed by atoms with Gasteiger partial charge in [-0.3, -0.25) is 5.10 Å². The minimum absolute atomic E-state index is 0.532. The Kier molecular flexibility index (Phi) is 4.71. The van der Waals surface area contributed by atoms with Gasteiger partial charge in [0.15, 0.2) is 0 Å². The monoisotopic (exact) mass is 398 g/mol. The molecular formula is C18H18N6OS2. The van der Waals surface area contributed by atoms with Gasteiger partial charge in [-0.15, -0.1) is 16.4 Å². The van der Waals surface area contributed by atoms with Gasteiger partial charge in [-0.05, 0) is 50.6 Å². The summed E-state index contributed by atoms with van der Waals surface area (Å²) < 4.78 is 5.49. The highest BCUT2D eigenvalue weighted by Crippen LogP contribution is 2.32. The summed E-state index contributed by atoms with van der Waals surface area (Å²) in [5, 5.41) is 8.70. The minimum atomic E-state index is 0.532.